The Balaban J connectivity index is 1.58. The fourth-order valence-electron chi connectivity index (χ4n) is 6.21. The number of carboxylic acids is 1. The normalized spacial score (nSPS) is 41.5. The van der Waals surface area contributed by atoms with Crippen LogP contribution in [0.15, 0.2) is 0 Å². The number of amides is 1. The van der Waals surface area contributed by atoms with Crippen LogP contribution in [0.2, 0.25) is 0 Å². The van der Waals surface area contributed by atoms with E-state index in [-0.39, 0.29) is 22.2 Å². The maximum absolute atomic E-state index is 13.0. The van der Waals surface area contributed by atoms with Gasteiger partial charge in [-0.15, -0.1) is 0 Å². The van der Waals surface area contributed by atoms with E-state index in [1.165, 1.54) is 0 Å². The van der Waals surface area contributed by atoms with E-state index in [0.29, 0.717) is 25.2 Å². The van der Waals surface area contributed by atoms with Gasteiger partial charge in [0.1, 0.15) is 11.8 Å². The van der Waals surface area contributed by atoms with Crippen molar-refractivity contribution in [2.45, 2.75) is 84.6 Å². The van der Waals surface area contributed by atoms with E-state index in [9.17, 15) is 14.4 Å². The molecule has 1 amide bonds. The second-order valence-corrected chi connectivity index (χ2v) is 10.4. The van der Waals surface area contributed by atoms with Crippen LogP contribution in [0.4, 0.5) is 0 Å². The Labute approximate surface area is 161 Å². The van der Waals surface area contributed by atoms with Gasteiger partial charge in [-0.1, -0.05) is 13.8 Å². The Morgan fingerprint density at radius 3 is 2.19 bits per heavy atom. The Hall–Kier alpha value is -1.43. The van der Waals surface area contributed by atoms with E-state index >= 15 is 0 Å². The molecule has 3 rings (SSSR count). The molecule has 3 unspecified atom stereocenters. The van der Waals surface area contributed by atoms with Crippen LogP contribution in [0.3, 0.4) is 0 Å². The predicted molar refractivity (Wildman–Crippen MR) is 102 cm³/mol. The second-order valence-electron chi connectivity index (χ2n) is 10.4. The predicted octanol–water partition coefficient (Wildman–Crippen LogP) is 2.64. The van der Waals surface area contributed by atoms with Crippen LogP contribution in [0.1, 0.15) is 78.6 Å². The summed E-state index contributed by atoms with van der Waals surface area (Å²) in [7, 11) is 0. The standard InChI is InChI=1S/C21H34N2O4/c1-14(24)21-8-6-20(12-21,7-9-21)13-23-17(27)19(3)5-4-18(2,11-19)10-15(22)16(25)26/h15H,4-13,22H2,1-3H3,(H,23,27)(H,25,26). The number of nitrogens with two attached hydrogens (primary N) is 1. The van der Waals surface area contributed by atoms with Gasteiger partial charge < -0.3 is 16.2 Å². The van der Waals surface area contributed by atoms with Crippen molar-refractivity contribution in [1.29, 1.82) is 0 Å². The second kappa shape index (κ2) is 6.57. The van der Waals surface area contributed by atoms with E-state index < -0.39 is 17.4 Å². The van der Waals surface area contributed by atoms with Gasteiger partial charge in [-0.2, -0.15) is 0 Å². The van der Waals surface area contributed by atoms with Crippen LogP contribution in [0.25, 0.3) is 0 Å². The SMILES string of the molecule is CC(=O)C12CCC(CNC(=O)C3(C)CCC(C)(CC(N)C(=O)O)C3)(CC1)C2. The average molecular weight is 379 g/mol. The number of aliphatic carboxylic acids is 1. The van der Waals surface area contributed by atoms with Crippen molar-refractivity contribution in [3.05, 3.63) is 0 Å². The molecule has 0 aromatic heterocycles. The van der Waals surface area contributed by atoms with E-state index in [2.05, 4.69) is 5.32 Å². The smallest absolute Gasteiger partial charge is 0.320 e. The minimum Gasteiger partial charge on any atom is -0.480 e. The molecule has 0 aromatic carbocycles. The lowest BCUT2D eigenvalue weighted by atomic mass is 9.77. The number of rotatable bonds is 7. The minimum atomic E-state index is -0.982. The molecule has 3 saturated carbocycles. The molecule has 152 valence electrons. The minimum absolute atomic E-state index is 0.0664. The van der Waals surface area contributed by atoms with E-state index in [4.69, 9.17) is 10.8 Å². The number of carbonyl (C=O) groups is 3. The number of Topliss-reactive ketones (excluding diaryl/α,β-unsaturated/α-hetero) is 1. The lowest BCUT2D eigenvalue weighted by Gasteiger charge is -2.32. The molecule has 0 aromatic rings. The van der Waals surface area contributed by atoms with Gasteiger partial charge in [0.2, 0.25) is 5.91 Å². The van der Waals surface area contributed by atoms with Crippen LogP contribution in [0, 0.1) is 21.7 Å². The summed E-state index contributed by atoms with van der Waals surface area (Å²) in [6.07, 6.45) is 7.51. The average Bonchev–Trinajstić information content (AvgIpc) is 3.24. The third-order valence-electron chi connectivity index (χ3n) is 8.03. The molecule has 6 nitrogen and oxygen atoms in total. The molecular weight excluding hydrogens is 344 g/mol. The summed E-state index contributed by atoms with van der Waals surface area (Å²) < 4.78 is 0. The molecule has 3 aliphatic carbocycles. The summed E-state index contributed by atoms with van der Waals surface area (Å²) in [6, 6.07) is -0.879. The Bertz CT molecular complexity index is 653. The van der Waals surface area contributed by atoms with Crippen molar-refractivity contribution in [3.63, 3.8) is 0 Å². The third kappa shape index (κ3) is 3.65. The molecule has 3 atom stereocenters. The highest BCUT2D eigenvalue weighted by Gasteiger charge is 2.57. The van der Waals surface area contributed by atoms with Gasteiger partial charge in [0, 0.05) is 17.4 Å². The van der Waals surface area contributed by atoms with Crippen LogP contribution >= 0.6 is 0 Å². The zero-order valence-electron chi connectivity index (χ0n) is 16.9. The highest BCUT2D eigenvalue weighted by atomic mass is 16.4. The quantitative estimate of drug-likeness (QED) is 0.631. The van der Waals surface area contributed by atoms with Gasteiger partial charge in [-0.25, -0.2) is 0 Å². The van der Waals surface area contributed by atoms with Crippen molar-refractivity contribution < 1.29 is 19.5 Å². The molecule has 0 aliphatic heterocycles. The zero-order valence-corrected chi connectivity index (χ0v) is 16.9. The molecule has 0 spiro atoms. The number of carbonyl (C=O) groups excluding carboxylic acids is 2. The first-order valence-electron chi connectivity index (χ1n) is 10.2. The van der Waals surface area contributed by atoms with Gasteiger partial charge >= 0.3 is 5.97 Å². The number of carboxylic acid groups (broad SMARTS) is 1. The molecule has 3 fully saturated rings. The van der Waals surface area contributed by atoms with E-state index in [0.717, 1.165) is 44.9 Å². The van der Waals surface area contributed by atoms with Crippen LogP contribution in [-0.2, 0) is 14.4 Å². The highest BCUT2D eigenvalue weighted by molar-refractivity contribution is 5.84. The highest BCUT2D eigenvalue weighted by Crippen LogP contribution is 2.61. The van der Waals surface area contributed by atoms with Gasteiger partial charge in [-0.05, 0) is 75.5 Å². The first-order valence-corrected chi connectivity index (χ1v) is 10.2. The van der Waals surface area contributed by atoms with Crippen molar-refractivity contribution in [3.8, 4) is 0 Å². The largest absolute Gasteiger partial charge is 0.480 e. The summed E-state index contributed by atoms with van der Waals surface area (Å²) in [5, 5.41) is 12.3. The maximum Gasteiger partial charge on any atom is 0.320 e. The van der Waals surface area contributed by atoms with Gasteiger partial charge in [0.05, 0.1) is 0 Å². The molecule has 3 aliphatic rings. The molecule has 2 bridgehead atoms. The Kier molecular flexibility index (Phi) is 4.94. The number of ketones is 1. The van der Waals surface area contributed by atoms with Crippen molar-refractivity contribution in [2.75, 3.05) is 6.54 Å². The fraction of sp³-hybridized carbons (Fsp3) is 0.857. The van der Waals surface area contributed by atoms with Crippen molar-refractivity contribution >= 4 is 17.7 Å². The number of nitrogens with one attached hydrogen (secondary N) is 1. The number of hydrogen-bond acceptors (Lipinski definition) is 4. The molecule has 27 heavy (non-hydrogen) atoms. The zero-order chi connectivity index (χ0) is 20.1. The van der Waals surface area contributed by atoms with Crippen LogP contribution in [0.5, 0.6) is 0 Å². The monoisotopic (exact) mass is 378 g/mol. The lowest BCUT2D eigenvalue weighted by molar-refractivity contribution is -0.139. The summed E-state index contributed by atoms with van der Waals surface area (Å²) in [6.45, 7) is 6.40. The summed E-state index contributed by atoms with van der Waals surface area (Å²) in [5.41, 5.74) is 5.00. The van der Waals surface area contributed by atoms with Crippen molar-refractivity contribution in [1.82, 2.24) is 5.32 Å². The molecule has 0 heterocycles. The molecule has 0 radical (unpaired) electrons. The van der Waals surface area contributed by atoms with Gasteiger partial charge in [0.25, 0.3) is 0 Å². The van der Waals surface area contributed by atoms with Gasteiger partial charge in [-0.3, -0.25) is 14.4 Å². The lowest BCUT2D eigenvalue weighted by Crippen LogP contribution is -2.43. The van der Waals surface area contributed by atoms with Gasteiger partial charge in [0.15, 0.2) is 0 Å². The molecule has 4 N–H and O–H groups in total. The topological polar surface area (TPSA) is 109 Å². The molecular formula is C21H34N2O4. The summed E-state index contributed by atoms with van der Waals surface area (Å²) >= 11 is 0. The first kappa shape index (κ1) is 20.3. The van der Waals surface area contributed by atoms with Crippen LogP contribution in [-0.4, -0.2) is 35.4 Å². The molecule has 6 heteroatoms. The summed E-state index contributed by atoms with van der Waals surface area (Å²) in [4.78, 5) is 36.1. The number of fused-ring (bicyclic) bond motifs is 2. The Morgan fingerprint density at radius 1 is 1.04 bits per heavy atom. The third-order valence-corrected chi connectivity index (χ3v) is 8.03. The van der Waals surface area contributed by atoms with Crippen LogP contribution < -0.4 is 11.1 Å². The Morgan fingerprint density at radius 2 is 1.67 bits per heavy atom. The number of hydrogen-bond donors (Lipinski definition) is 3. The van der Waals surface area contributed by atoms with E-state index in [1.807, 2.05) is 13.8 Å². The maximum atomic E-state index is 13.0. The fourth-order valence-corrected chi connectivity index (χ4v) is 6.21. The first-order chi connectivity index (χ1) is 12.4. The van der Waals surface area contributed by atoms with Crippen molar-refractivity contribution in [2.24, 2.45) is 27.4 Å². The van der Waals surface area contributed by atoms with E-state index in [1.54, 1.807) is 6.92 Å². The molecule has 0 saturated heterocycles. The summed E-state index contributed by atoms with van der Waals surface area (Å²) in [5.74, 6) is -0.608.